The zero-order valence-corrected chi connectivity index (χ0v) is 7.47. The van der Waals surface area contributed by atoms with Gasteiger partial charge in [0.2, 0.25) is 0 Å². The zero-order valence-electron chi connectivity index (χ0n) is 7.47. The Morgan fingerprint density at radius 2 is 2.50 bits per heavy atom. The highest BCUT2D eigenvalue weighted by molar-refractivity contribution is 5.64. The second-order valence-corrected chi connectivity index (χ2v) is 3.34. The van der Waals surface area contributed by atoms with Gasteiger partial charge < -0.3 is 9.90 Å². The third-order valence-electron chi connectivity index (χ3n) is 2.42. The van der Waals surface area contributed by atoms with Crippen LogP contribution in [0.1, 0.15) is 24.7 Å². The Hall–Kier alpha value is -1.65. The summed E-state index contributed by atoms with van der Waals surface area (Å²) in [5.74, 6) is -0.456. The van der Waals surface area contributed by atoms with Crippen LogP contribution in [0.4, 0.5) is 0 Å². The van der Waals surface area contributed by atoms with E-state index >= 15 is 0 Å². The van der Waals surface area contributed by atoms with Crippen molar-refractivity contribution in [2.24, 2.45) is 0 Å². The van der Waals surface area contributed by atoms with E-state index in [0.717, 1.165) is 0 Å². The topological polar surface area (TPSA) is 75.0 Å². The number of carbonyl (C=O) groups excluding carboxylic acids is 1. The Bertz CT molecular complexity index is 424. The van der Waals surface area contributed by atoms with Crippen LogP contribution in [0.15, 0.2) is 17.1 Å². The van der Waals surface area contributed by atoms with Crippen LogP contribution < -0.4 is 10.7 Å². The maximum Gasteiger partial charge on any atom is 0.253 e. The van der Waals surface area contributed by atoms with Gasteiger partial charge in [-0.15, -0.1) is 0 Å². The molecule has 0 fully saturated rings. The molecular formula is C9H9N2O3-. The number of aryl methyl sites for hydroxylation is 1. The number of carbonyl (C=O) groups is 1. The van der Waals surface area contributed by atoms with Crippen LogP contribution in [0, 0.1) is 0 Å². The van der Waals surface area contributed by atoms with Gasteiger partial charge in [0.15, 0.2) is 0 Å². The lowest BCUT2D eigenvalue weighted by molar-refractivity contribution is -0.306. The molecule has 1 aliphatic rings. The van der Waals surface area contributed by atoms with Crippen LogP contribution in [-0.4, -0.2) is 15.5 Å². The Labute approximate surface area is 80.0 Å². The fourth-order valence-corrected chi connectivity index (χ4v) is 1.84. The number of rotatable bonds is 2. The van der Waals surface area contributed by atoms with Crippen LogP contribution in [0.25, 0.3) is 0 Å². The van der Waals surface area contributed by atoms with Gasteiger partial charge in [0.25, 0.3) is 5.56 Å². The molecule has 0 amide bonds. The first kappa shape index (κ1) is 8.93. The SMILES string of the molecule is O=C([O-])C[C@@H]1CCc2nccc(=O)n21. The molecule has 0 spiro atoms. The number of aromatic nitrogens is 2. The van der Waals surface area contributed by atoms with E-state index in [0.29, 0.717) is 18.7 Å². The van der Waals surface area contributed by atoms with E-state index in [9.17, 15) is 14.7 Å². The van der Waals surface area contributed by atoms with Crippen molar-refractivity contribution in [1.29, 1.82) is 0 Å². The number of carboxylic acid groups (broad SMARTS) is 1. The summed E-state index contributed by atoms with van der Waals surface area (Å²) in [4.78, 5) is 25.9. The molecule has 0 saturated carbocycles. The van der Waals surface area contributed by atoms with E-state index in [-0.39, 0.29) is 18.0 Å². The highest BCUT2D eigenvalue weighted by Gasteiger charge is 2.23. The van der Waals surface area contributed by atoms with E-state index in [2.05, 4.69) is 4.98 Å². The van der Waals surface area contributed by atoms with Crippen molar-refractivity contribution in [1.82, 2.24) is 9.55 Å². The normalized spacial score (nSPS) is 19.3. The molecule has 2 rings (SSSR count). The van der Waals surface area contributed by atoms with Crippen molar-refractivity contribution in [2.45, 2.75) is 25.3 Å². The van der Waals surface area contributed by atoms with Crippen LogP contribution in [0.5, 0.6) is 0 Å². The molecule has 5 nitrogen and oxygen atoms in total. The first-order valence-corrected chi connectivity index (χ1v) is 4.45. The molecule has 1 aromatic rings. The summed E-state index contributed by atoms with van der Waals surface area (Å²) in [5.41, 5.74) is -0.182. The smallest absolute Gasteiger partial charge is 0.253 e. The molecule has 14 heavy (non-hydrogen) atoms. The van der Waals surface area contributed by atoms with Gasteiger partial charge in [-0.2, -0.15) is 0 Å². The Morgan fingerprint density at radius 3 is 3.21 bits per heavy atom. The maximum absolute atomic E-state index is 11.4. The van der Waals surface area contributed by atoms with Gasteiger partial charge in [0.05, 0.1) is 0 Å². The third kappa shape index (κ3) is 1.41. The summed E-state index contributed by atoms with van der Waals surface area (Å²) in [6.45, 7) is 0. The average molecular weight is 193 g/mol. The van der Waals surface area contributed by atoms with Crippen molar-refractivity contribution in [3.05, 3.63) is 28.4 Å². The fourth-order valence-electron chi connectivity index (χ4n) is 1.84. The highest BCUT2D eigenvalue weighted by Crippen LogP contribution is 2.24. The van der Waals surface area contributed by atoms with E-state index < -0.39 is 5.97 Å². The summed E-state index contributed by atoms with van der Waals surface area (Å²) in [5, 5.41) is 10.4. The van der Waals surface area contributed by atoms with Crippen molar-refractivity contribution in [3.8, 4) is 0 Å². The van der Waals surface area contributed by atoms with Gasteiger partial charge in [0.1, 0.15) is 5.82 Å². The van der Waals surface area contributed by atoms with Crippen molar-refractivity contribution >= 4 is 5.97 Å². The monoisotopic (exact) mass is 193 g/mol. The Balaban J connectivity index is 2.38. The minimum atomic E-state index is -1.13. The summed E-state index contributed by atoms with van der Waals surface area (Å²) >= 11 is 0. The molecule has 74 valence electrons. The van der Waals surface area contributed by atoms with Crippen molar-refractivity contribution in [2.75, 3.05) is 0 Å². The quantitative estimate of drug-likeness (QED) is 0.595. The van der Waals surface area contributed by atoms with Gasteiger partial charge >= 0.3 is 0 Å². The first-order chi connectivity index (χ1) is 6.68. The number of nitrogens with zero attached hydrogens (tertiary/aromatic N) is 2. The van der Waals surface area contributed by atoms with E-state index in [4.69, 9.17) is 0 Å². The molecule has 0 saturated heterocycles. The van der Waals surface area contributed by atoms with Crippen molar-refractivity contribution in [3.63, 3.8) is 0 Å². The van der Waals surface area contributed by atoms with Gasteiger partial charge in [-0.3, -0.25) is 9.36 Å². The predicted octanol–water partition coefficient (Wildman–Crippen LogP) is -1.13. The van der Waals surface area contributed by atoms with Crippen LogP contribution >= 0.6 is 0 Å². The van der Waals surface area contributed by atoms with E-state index in [1.165, 1.54) is 16.8 Å². The fraction of sp³-hybridized carbons (Fsp3) is 0.444. The summed E-state index contributed by atoms with van der Waals surface area (Å²) in [7, 11) is 0. The lowest BCUT2D eigenvalue weighted by Crippen LogP contribution is -2.29. The van der Waals surface area contributed by atoms with E-state index in [1.807, 2.05) is 0 Å². The Kier molecular flexibility index (Phi) is 2.07. The summed E-state index contributed by atoms with van der Waals surface area (Å²) in [6, 6.07) is 1.06. The molecule has 2 heterocycles. The zero-order chi connectivity index (χ0) is 10.1. The second-order valence-electron chi connectivity index (χ2n) is 3.34. The molecular weight excluding hydrogens is 184 g/mol. The lowest BCUT2D eigenvalue weighted by Gasteiger charge is -2.13. The molecule has 0 bridgehead atoms. The number of aliphatic carboxylic acids is 1. The van der Waals surface area contributed by atoms with Gasteiger partial charge in [-0.25, -0.2) is 4.98 Å². The molecule has 1 aliphatic heterocycles. The van der Waals surface area contributed by atoms with Gasteiger partial charge in [-0.1, -0.05) is 0 Å². The number of fused-ring (bicyclic) bond motifs is 1. The minimum absolute atomic E-state index is 0.113. The Morgan fingerprint density at radius 1 is 1.71 bits per heavy atom. The third-order valence-corrected chi connectivity index (χ3v) is 2.42. The molecule has 1 atom stereocenters. The minimum Gasteiger partial charge on any atom is -0.550 e. The lowest BCUT2D eigenvalue weighted by atomic mass is 10.1. The predicted molar refractivity (Wildman–Crippen MR) is 45.5 cm³/mol. The molecule has 0 N–H and O–H groups in total. The van der Waals surface area contributed by atoms with Gasteiger partial charge in [-0.05, 0) is 6.42 Å². The standard InChI is InChI=1S/C9H10N2O3/c12-8-3-4-10-7-2-1-6(11(7)8)5-9(13)14/h3-4,6H,1-2,5H2,(H,13,14)/p-1/t6-/m0/s1. The van der Waals surface area contributed by atoms with Gasteiger partial charge in [0, 0.05) is 37.1 Å². The largest absolute Gasteiger partial charge is 0.550 e. The molecule has 0 aliphatic carbocycles. The molecule has 0 aromatic carbocycles. The number of carboxylic acids is 1. The van der Waals surface area contributed by atoms with Crippen LogP contribution in [-0.2, 0) is 11.2 Å². The molecule has 1 aromatic heterocycles. The second kappa shape index (κ2) is 3.25. The number of hydrogen-bond acceptors (Lipinski definition) is 4. The molecule has 5 heteroatoms. The number of hydrogen-bond donors (Lipinski definition) is 0. The molecule has 0 unspecified atom stereocenters. The van der Waals surface area contributed by atoms with Crippen LogP contribution in [0.2, 0.25) is 0 Å². The van der Waals surface area contributed by atoms with Crippen molar-refractivity contribution < 1.29 is 9.90 Å². The maximum atomic E-state index is 11.4. The first-order valence-electron chi connectivity index (χ1n) is 4.45. The van der Waals surface area contributed by atoms with Crippen LogP contribution in [0.3, 0.4) is 0 Å². The molecule has 0 radical (unpaired) electrons. The highest BCUT2D eigenvalue weighted by atomic mass is 16.4. The summed E-state index contributed by atoms with van der Waals surface area (Å²) < 4.78 is 1.45. The average Bonchev–Trinajstić information content (AvgIpc) is 2.49. The van der Waals surface area contributed by atoms with E-state index in [1.54, 1.807) is 0 Å². The summed E-state index contributed by atoms with van der Waals surface area (Å²) in [6.07, 6.45) is 2.66.